The molecule has 0 spiro atoms. The fourth-order valence-corrected chi connectivity index (χ4v) is 0.420. The van der Waals surface area contributed by atoms with Crippen molar-refractivity contribution in [1.82, 2.24) is 0 Å². The van der Waals surface area contributed by atoms with Gasteiger partial charge in [0.05, 0.1) is 12.1 Å². The monoisotopic (exact) mass is 191 g/mol. The topological polar surface area (TPSA) is 47.6 Å². The Balaban J connectivity index is -0.000000146. The fourth-order valence-electron chi connectivity index (χ4n) is 0.420. The van der Waals surface area contributed by atoms with E-state index >= 15 is 0 Å². The normalized spacial score (nSPS) is 5.93. The van der Waals surface area contributed by atoms with Crippen LogP contribution in [0.3, 0.4) is 0 Å². The molecule has 0 heterocycles. The summed E-state index contributed by atoms with van der Waals surface area (Å²) < 4.78 is 5.75. The van der Waals surface area contributed by atoms with Crippen LogP contribution in [-0.4, -0.2) is 0 Å². The first kappa shape index (κ1) is 14.7. The Kier molecular flexibility index (Phi) is 23.6. The van der Waals surface area contributed by atoms with Crippen molar-refractivity contribution < 1.29 is 1.37 Å². The van der Waals surface area contributed by atoms with Gasteiger partial charge in [0.25, 0.3) is 0 Å². The van der Waals surface area contributed by atoms with Crippen molar-refractivity contribution in [3.8, 4) is 12.1 Å². The molecule has 0 aliphatic carbocycles. The predicted molar refractivity (Wildman–Crippen MR) is 60.4 cm³/mol. The van der Waals surface area contributed by atoms with Gasteiger partial charge in [-0.1, -0.05) is 57.6 Å². The quantitative estimate of drug-likeness (QED) is 0.626. The molecule has 0 N–H and O–H groups in total. The van der Waals surface area contributed by atoms with Gasteiger partial charge in [-0.15, -0.1) is 0 Å². The van der Waals surface area contributed by atoms with Crippen molar-refractivity contribution in [1.29, 1.82) is 10.5 Å². The summed E-state index contributed by atoms with van der Waals surface area (Å²) in [7, 11) is 1.25. The zero-order valence-corrected chi connectivity index (χ0v) is 9.07. The minimum absolute atomic E-state index is 0. The molecular weight excluding hydrogens is 172 g/mol. The summed E-state index contributed by atoms with van der Waals surface area (Å²) in [6.07, 6.45) is 0. The molecule has 1 aromatic carbocycles. The Labute approximate surface area is 88.8 Å². The number of hydrogen-bond acceptors (Lipinski definition) is 2. The van der Waals surface area contributed by atoms with Gasteiger partial charge >= 0.3 is 0 Å². The van der Waals surface area contributed by atoms with Crippen LogP contribution in [0.5, 0.6) is 0 Å². The molecule has 0 atom stereocenters. The average Bonchev–Trinajstić information content (AvgIpc) is 2.38. The van der Waals surface area contributed by atoms with E-state index < -0.39 is 0 Å². The molecule has 1 rings (SSSR count). The van der Waals surface area contributed by atoms with Crippen LogP contribution in [0.2, 0.25) is 0 Å². The highest BCUT2D eigenvalue weighted by atomic mass is 14.3. The summed E-state index contributed by atoms with van der Waals surface area (Å²) in [5, 5.41) is 15.2. The maximum Gasteiger partial charge on any atom is 0.122 e. The molecule has 0 bridgehead atoms. The molecule has 0 saturated carbocycles. The first-order valence-electron chi connectivity index (χ1n) is 5.15. The van der Waals surface area contributed by atoms with Crippen molar-refractivity contribution in [3.05, 3.63) is 36.4 Å². The SMILES string of the molecule is CC.N#CCC#N.[2H]C.c1ccccc1. The Morgan fingerprint density at radius 2 is 1.14 bits per heavy atom. The molecule has 1 aromatic rings. The lowest BCUT2D eigenvalue weighted by atomic mass is 10.4. The number of nitrogens with zero attached hydrogens (tertiary/aromatic N) is 2. The van der Waals surface area contributed by atoms with Crippen LogP contribution >= 0.6 is 0 Å². The van der Waals surface area contributed by atoms with Gasteiger partial charge in [0.15, 0.2) is 0 Å². The number of hydrogen-bond donors (Lipinski definition) is 0. The molecule has 0 aromatic heterocycles. The Hall–Kier alpha value is -1.80. The minimum Gasteiger partial charge on any atom is -0.197 e. The predicted octanol–water partition coefficient (Wildman–Crippen LogP) is 3.77. The van der Waals surface area contributed by atoms with Crippen LogP contribution in [0.1, 0.15) is 29.0 Å². The summed E-state index contributed by atoms with van der Waals surface area (Å²) >= 11 is 0. The molecule has 0 fully saturated rings. The van der Waals surface area contributed by atoms with E-state index in [0.717, 1.165) is 0 Å². The molecule has 2 heteroatoms. The standard InChI is InChI=1S/C6H6.C3H2N2.C2H6.CH4/c1-2-4-6-5-3-1;4-2-1-3-5;1-2;/h1-6H;1H2;1-2H3;1H4/i;;;1D. The van der Waals surface area contributed by atoms with Gasteiger partial charge in [-0.2, -0.15) is 10.5 Å². The molecule has 2 nitrogen and oxygen atoms in total. The zero-order chi connectivity index (χ0) is 12.4. The van der Waals surface area contributed by atoms with Gasteiger partial charge in [-0.05, 0) is 0 Å². The van der Waals surface area contributed by atoms with E-state index in [9.17, 15) is 0 Å². The third-order valence-corrected chi connectivity index (χ3v) is 0.825. The van der Waals surface area contributed by atoms with E-state index in [-0.39, 0.29) is 6.42 Å². The van der Waals surface area contributed by atoms with Gasteiger partial charge in [-0.3, -0.25) is 0 Å². The van der Waals surface area contributed by atoms with E-state index in [1.165, 1.54) is 7.40 Å². The van der Waals surface area contributed by atoms with Crippen LogP contribution in [0.25, 0.3) is 0 Å². The van der Waals surface area contributed by atoms with E-state index in [2.05, 4.69) is 0 Å². The zero-order valence-electron chi connectivity index (χ0n) is 10.1. The molecule has 76 valence electrons. The maximum absolute atomic E-state index is 7.59. The van der Waals surface area contributed by atoms with Crippen molar-refractivity contribution >= 4 is 0 Å². The highest BCUT2D eigenvalue weighted by Crippen LogP contribution is 1.79. The number of benzene rings is 1. The average molecular weight is 191 g/mol. The summed E-state index contributed by atoms with van der Waals surface area (Å²) in [4.78, 5) is 0. The number of rotatable bonds is 0. The van der Waals surface area contributed by atoms with Crippen LogP contribution in [0, 0.1) is 22.7 Å². The van der Waals surface area contributed by atoms with Crippen molar-refractivity contribution in [2.45, 2.75) is 27.7 Å². The lowest BCUT2D eigenvalue weighted by molar-refractivity contribution is 1.33. The molecule has 0 unspecified atom stereocenters. The highest BCUT2D eigenvalue weighted by molar-refractivity contribution is 4.99. The van der Waals surface area contributed by atoms with Gasteiger partial charge in [0, 0.05) is 1.37 Å². The van der Waals surface area contributed by atoms with Gasteiger partial charge in [0.2, 0.25) is 0 Å². The molecule has 0 amide bonds. The Morgan fingerprint density at radius 3 is 1.21 bits per heavy atom. The summed E-state index contributed by atoms with van der Waals surface area (Å²) in [5.74, 6) is 0. The van der Waals surface area contributed by atoms with Crippen LogP contribution in [0.15, 0.2) is 36.4 Å². The van der Waals surface area contributed by atoms with E-state index in [0.29, 0.717) is 0 Å². The summed E-state index contributed by atoms with van der Waals surface area (Å²) in [6, 6.07) is 15.3. The smallest absolute Gasteiger partial charge is 0.122 e. The van der Waals surface area contributed by atoms with Crippen molar-refractivity contribution in [2.75, 3.05) is 0 Å². The minimum atomic E-state index is 0. The second-order valence-electron chi connectivity index (χ2n) is 1.65. The van der Waals surface area contributed by atoms with E-state index in [1.54, 1.807) is 12.1 Å². The van der Waals surface area contributed by atoms with Gasteiger partial charge in [0.1, 0.15) is 6.42 Å². The molecule has 0 saturated heterocycles. The highest BCUT2D eigenvalue weighted by Gasteiger charge is 1.61. The van der Waals surface area contributed by atoms with E-state index in [4.69, 9.17) is 11.9 Å². The molecule has 0 aliphatic heterocycles. The van der Waals surface area contributed by atoms with Gasteiger partial charge in [-0.25, -0.2) is 0 Å². The second kappa shape index (κ2) is 22.5. The van der Waals surface area contributed by atoms with Crippen LogP contribution in [-0.2, 0) is 0 Å². The molecule has 14 heavy (non-hydrogen) atoms. The molecule has 0 radical (unpaired) electrons. The summed E-state index contributed by atoms with van der Waals surface area (Å²) in [5.41, 5.74) is 0. The Bertz CT molecular complexity index is 208. The third kappa shape index (κ3) is 22.5. The van der Waals surface area contributed by atoms with E-state index in [1.807, 2.05) is 50.2 Å². The van der Waals surface area contributed by atoms with Crippen LogP contribution < -0.4 is 0 Å². The maximum atomic E-state index is 7.59. The fraction of sp³-hybridized carbons (Fsp3) is 0.333. The number of nitriles is 2. The largest absolute Gasteiger partial charge is 0.197 e. The third-order valence-electron chi connectivity index (χ3n) is 0.825. The molecular formula is C12H18N2. The lowest BCUT2D eigenvalue weighted by Crippen LogP contribution is -1.47. The van der Waals surface area contributed by atoms with Crippen LogP contribution in [0.4, 0.5) is 0 Å². The van der Waals surface area contributed by atoms with Gasteiger partial charge < -0.3 is 0 Å². The van der Waals surface area contributed by atoms with Crippen molar-refractivity contribution in [3.63, 3.8) is 0 Å². The lowest BCUT2D eigenvalue weighted by Gasteiger charge is -1.69. The summed E-state index contributed by atoms with van der Waals surface area (Å²) in [6.45, 7) is 4.00. The first-order valence-corrected chi connectivity index (χ1v) is 4.15. The Morgan fingerprint density at radius 1 is 0.929 bits per heavy atom. The second-order valence-corrected chi connectivity index (χ2v) is 1.65. The van der Waals surface area contributed by atoms with Crippen molar-refractivity contribution in [2.24, 2.45) is 0 Å². The first-order chi connectivity index (χ1) is 7.41. The molecule has 0 aliphatic rings.